The van der Waals surface area contributed by atoms with Crippen molar-refractivity contribution in [1.29, 1.82) is 0 Å². The maximum atomic E-state index is 13.2. The Balaban J connectivity index is 1.69. The Labute approximate surface area is 159 Å². The van der Waals surface area contributed by atoms with Gasteiger partial charge in [0.25, 0.3) is 5.91 Å². The first-order valence-corrected chi connectivity index (χ1v) is 9.64. The molecule has 3 rings (SSSR count). The van der Waals surface area contributed by atoms with Gasteiger partial charge in [-0.2, -0.15) is 18.3 Å². The van der Waals surface area contributed by atoms with E-state index in [9.17, 15) is 18.0 Å². The van der Waals surface area contributed by atoms with Gasteiger partial charge in [0.15, 0.2) is 5.69 Å². The minimum atomic E-state index is -4.52. The average Bonchev–Trinajstić information content (AvgIpc) is 3.02. The molecule has 0 bridgehead atoms. The van der Waals surface area contributed by atoms with Crippen molar-refractivity contribution in [2.75, 3.05) is 18.9 Å². The van der Waals surface area contributed by atoms with E-state index in [-0.39, 0.29) is 31.2 Å². The van der Waals surface area contributed by atoms with Crippen LogP contribution in [0.25, 0.3) is 0 Å². The van der Waals surface area contributed by atoms with E-state index in [1.165, 1.54) is 4.68 Å². The lowest BCUT2D eigenvalue weighted by atomic mass is 10.1. The molecule has 0 atom stereocenters. The number of halogens is 3. The highest BCUT2D eigenvalue weighted by Crippen LogP contribution is 2.34. The Morgan fingerprint density at radius 3 is 2.89 bits per heavy atom. The first-order chi connectivity index (χ1) is 12.9. The summed E-state index contributed by atoms with van der Waals surface area (Å²) in [6.07, 6.45) is -4.14. The summed E-state index contributed by atoms with van der Waals surface area (Å²) >= 11 is 1.57. The quantitative estimate of drug-likeness (QED) is 0.756. The molecular formula is C18H20F3N3O2S. The van der Waals surface area contributed by atoms with E-state index in [4.69, 9.17) is 4.74 Å². The van der Waals surface area contributed by atoms with Gasteiger partial charge in [-0.15, -0.1) is 11.8 Å². The van der Waals surface area contributed by atoms with Gasteiger partial charge in [-0.25, -0.2) is 0 Å². The zero-order valence-electron chi connectivity index (χ0n) is 14.8. The minimum Gasteiger partial charge on any atom is -0.376 e. The number of thioether (sulfide) groups is 1. The third kappa shape index (κ3) is 4.47. The third-order valence-corrected chi connectivity index (χ3v) is 5.16. The molecule has 2 heterocycles. The van der Waals surface area contributed by atoms with Crippen LogP contribution >= 0.6 is 11.8 Å². The fraction of sp³-hybridized carbons (Fsp3) is 0.444. The van der Waals surface area contributed by atoms with Gasteiger partial charge in [0.2, 0.25) is 0 Å². The van der Waals surface area contributed by atoms with Gasteiger partial charge in [-0.1, -0.05) is 19.1 Å². The van der Waals surface area contributed by atoms with Gasteiger partial charge in [0.05, 0.1) is 25.3 Å². The molecule has 1 aromatic heterocycles. The van der Waals surface area contributed by atoms with Gasteiger partial charge in [-0.3, -0.25) is 9.48 Å². The number of nitrogens with one attached hydrogen (secondary N) is 1. The molecule has 1 N–H and O–H groups in total. The van der Waals surface area contributed by atoms with Gasteiger partial charge in [0.1, 0.15) is 0 Å². The number of nitrogens with zero attached hydrogens (tertiary/aromatic N) is 2. The Morgan fingerprint density at radius 1 is 1.37 bits per heavy atom. The highest BCUT2D eigenvalue weighted by Gasteiger charge is 2.39. The lowest BCUT2D eigenvalue weighted by molar-refractivity contribution is -0.142. The monoisotopic (exact) mass is 399 g/mol. The summed E-state index contributed by atoms with van der Waals surface area (Å²) < 4.78 is 46.0. The summed E-state index contributed by atoms with van der Waals surface area (Å²) in [5.74, 6) is 0.596. The summed E-state index contributed by atoms with van der Waals surface area (Å²) in [5.41, 5.74) is 0.305. The maximum absolute atomic E-state index is 13.2. The second kappa shape index (κ2) is 8.35. The Morgan fingerprint density at radius 2 is 2.15 bits per heavy atom. The molecule has 1 aromatic carbocycles. The summed E-state index contributed by atoms with van der Waals surface area (Å²) in [4.78, 5) is 13.3. The number of alkyl halides is 3. The molecule has 0 radical (unpaired) electrons. The molecule has 0 unspecified atom stereocenters. The molecule has 5 nitrogen and oxygen atoms in total. The van der Waals surface area contributed by atoms with Crippen molar-refractivity contribution in [2.24, 2.45) is 0 Å². The number of rotatable bonds is 6. The second-order valence-electron chi connectivity index (χ2n) is 5.98. The van der Waals surface area contributed by atoms with Gasteiger partial charge in [-0.05, 0) is 17.9 Å². The number of carbonyl (C=O) groups excluding carboxylic acids is 1. The highest BCUT2D eigenvalue weighted by atomic mass is 32.2. The largest absolute Gasteiger partial charge is 0.435 e. The predicted octanol–water partition coefficient (Wildman–Crippen LogP) is 3.52. The van der Waals surface area contributed by atoms with Crippen molar-refractivity contribution in [1.82, 2.24) is 15.1 Å². The van der Waals surface area contributed by atoms with Crippen LogP contribution in [0.3, 0.4) is 0 Å². The van der Waals surface area contributed by atoms with Crippen molar-refractivity contribution in [3.05, 3.63) is 46.8 Å². The normalized spacial score (nSPS) is 14.1. The zero-order chi connectivity index (χ0) is 19.4. The standard InChI is InChI=1S/C18H20F3N3O2S/c1-2-27-15-6-4-3-5-12(15)17(25)22-8-9-24-14-7-10-26-11-13(14)16(23-24)18(19,20)21/h3-6H,2,7-11H2,1H3,(H,22,25). The number of fused-ring (bicyclic) bond motifs is 1. The van der Waals surface area contributed by atoms with E-state index in [1.807, 2.05) is 19.1 Å². The van der Waals surface area contributed by atoms with E-state index >= 15 is 0 Å². The first kappa shape index (κ1) is 19.8. The summed E-state index contributed by atoms with van der Waals surface area (Å²) in [6, 6.07) is 7.27. The van der Waals surface area contributed by atoms with Crippen LogP contribution in [0, 0.1) is 0 Å². The van der Waals surface area contributed by atoms with Crippen LogP contribution in [-0.2, 0) is 30.5 Å². The van der Waals surface area contributed by atoms with E-state index in [2.05, 4.69) is 10.4 Å². The van der Waals surface area contributed by atoms with Crippen molar-refractivity contribution in [3.8, 4) is 0 Å². The molecule has 1 aliphatic heterocycles. The number of ether oxygens (including phenoxy) is 1. The number of hydrogen-bond donors (Lipinski definition) is 1. The molecule has 2 aromatic rings. The maximum Gasteiger partial charge on any atom is 0.435 e. The van der Waals surface area contributed by atoms with Crippen molar-refractivity contribution >= 4 is 17.7 Å². The van der Waals surface area contributed by atoms with Gasteiger partial charge < -0.3 is 10.1 Å². The first-order valence-electron chi connectivity index (χ1n) is 8.65. The summed E-state index contributed by atoms with van der Waals surface area (Å²) in [5, 5.41) is 6.51. The van der Waals surface area contributed by atoms with Crippen LogP contribution in [0.1, 0.15) is 34.2 Å². The van der Waals surface area contributed by atoms with Crippen LogP contribution < -0.4 is 5.32 Å². The number of carbonyl (C=O) groups is 1. The fourth-order valence-electron chi connectivity index (χ4n) is 3.03. The Kier molecular flexibility index (Phi) is 6.11. The molecule has 27 heavy (non-hydrogen) atoms. The number of aromatic nitrogens is 2. The number of benzene rings is 1. The third-order valence-electron chi connectivity index (χ3n) is 4.21. The van der Waals surface area contributed by atoms with Gasteiger partial charge >= 0.3 is 6.18 Å². The average molecular weight is 399 g/mol. The topological polar surface area (TPSA) is 56.2 Å². The molecule has 0 spiro atoms. The predicted molar refractivity (Wildman–Crippen MR) is 95.8 cm³/mol. The zero-order valence-corrected chi connectivity index (χ0v) is 15.6. The van der Waals surface area contributed by atoms with E-state index in [1.54, 1.807) is 23.9 Å². The van der Waals surface area contributed by atoms with Crippen LogP contribution in [0.2, 0.25) is 0 Å². The smallest absolute Gasteiger partial charge is 0.376 e. The molecule has 146 valence electrons. The highest BCUT2D eigenvalue weighted by molar-refractivity contribution is 7.99. The lowest BCUT2D eigenvalue weighted by Crippen LogP contribution is -2.28. The minimum absolute atomic E-state index is 0.0852. The molecule has 0 aliphatic carbocycles. The van der Waals surface area contributed by atoms with E-state index < -0.39 is 11.9 Å². The number of amides is 1. The van der Waals surface area contributed by atoms with E-state index in [0.29, 0.717) is 24.3 Å². The second-order valence-corrected chi connectivity index (χ2v) is 7.29. The summed E-state index contributed by atoms with van der Waals surface area (Å²) in [6.45, 7) is 2.65. The van der Waals surface area contributed by atoms with Gasteiger partial charge in [0, 0.05) is 29.1 Å². The van der Waals surface area contributed by atoms with Crippen LogP contribution in [0.4, 0.5) is 13.2 Å². The van der Waals surface area contributed by atoms with E-state index in [0.717, 1.165) is 10.6 Å². The number of hydrogen-bond acceptors (Lipinski definition) is 4. The molecule has 9 heteroatoms. The van der Waals surface area contributed by atoms with Crippen LogP contribution in [-0.4, -0.2) is 34.6 Å². The Hall–Kier alpha value is -2.00. The molecule has 0 saturated carbocycles. The van der Waals surface area contributed by atoms with Crippen LogP contribution in [0.5, 0.6) is 0 Å². The molecule has 1 aliphatic rings. The molecule has 1 amide bonds. The van der Waals surface area contributed by atoms with Crippen molar-refractivity contribution in [3.63, 3.8) is 0 Å². The Bertz CT molecular complexity index is 821. The molecule has 0 fully saturated rings. The van der Waals surface area contributed by atoms with Crippen LogP contribution in [0.15, 0.2) is 29.2 Å². The molecule has 0 saturated heterocycles. The molecular weight excluding hydrogens is 379 g/mol. The SMILES string of the molecule is CCSc1ccccc1C(=O)NCCn1nc(C(F)(F)F)c2c1CCOC2. The summed E-state index contributed by atoms with van der Waals surface area (Å²) in [7, 11) is 0. The van der Waals surface area contributed by atoms with Crippen molar-refractivity contribution in [2.45, 2.75) is 37.6 Å². The fourth-order valence-corrected chi connectivity index (χ4v) is 3.83. The lowest BCUT2D eigenvalue weighted by Gasteiger charge is -2.15. The van der Waals surface area contributed by atoms with Crippen molar-refractivity contribution < 1.29 is 22.7 Å².